The van der Waals surface area contributed by atoms with Crippen molar-refractivity contribution in [1.29, 1.82) is 0 Å². The van der Waals surface area contributed by atoms with Gasteiger partial charge in [0.1, 0.15) is 5.39 Å². The molecule has 0 spiro atoms. The van der Waals surface area contributed by atoms with Gasteiger partial charge in [-0.05, 0) is 29.8 Å². The van der Waals surface area contributed by atoms with Crippen molar-refractivity contribution >= 4 is 32.7 Å². The molecule has 0 amide bonds. The van der Waals surface area contributed by atoms with E-state index in [0.29, 0.717) is 22.3 Å². The second-order valence-corrected chi connectivity index (χ2v) is 8.56. The molecule has 6 heteroatoms. The number of pyridine rings is 1. The first-order chi connectivity index (χ1) is 15.1. The average Bonchev–Trinajstić information content (AvgIpc) is 2.82. The van der Waals surface area contributed by atoms with Crippen molar-refractivity contribution in [3.8, 4) is 0 Å². The molecule has 3 aromatic carbocycles. The van der Waals surface area contributed by atoms with E-state index in [0.717, 1.165) is 11.6 Å². The molecule has 0 saturated carbocycles. The van der Waals surface area contributed by atoms with Gasteiger partial charge in [0.15, 0.2) is 5.58 Å². The summed E-state index contributed by atoms with van der Waals surface area (Å²) in [6.45, 7) is 0.340. The Morgan fingerprint density at radius 3 is 2.19 bits per heavy atom. The number of benzene rings is 3. The molecule has 1 unspecified atom stereocenters. The molecule has 0 saturated heterocycles. The van der Waals surface area contributed by atoms with Gasteiger partial charge in [-0.2, -0.15) is 0 Å². The van der Waals surface area contributed by atoms with Crippen molar-refractivity contribution in [3.63, 3.8) is 0 Å². The second-order valence-electron chi connectivity index (χ2n) is 7.11. The molecule has 0 aliphatic rings. The molecular formula is C25H17NO4S. The molecule has 2 aromatic heterocycles. The van der Waals surface area contributed by atoms with Crippen molar-refractivity contribution in [3.05, 3.63) is 117 Å². The molecule has 5 aromatic rings. The molecule has 0 radical (unpaired) electrons. The monoisotopic (exact) mass is 427 g/mol. The number of hydrogen-bond acceptors (Lipinski definition) is 4. The summed E-state index contributed by atoms with van der Waals surface area (Å²) in [5, 5.41) is 0.786. The van der Waals surface area contributed by atoms with Gasteiger partial charge in [-0.25, -0.2) is 9.00 Å². The fourth-order valence-electron chi connectivity index (χ4n) is 3.75. The fraction of sp³-hybridized carbons (Fsp3) is 0.0400. The van der Waals surface area contributed by atoms with Crippen molar-refractivity contribution in [2.45, 2.75) is 16.3 Å². The van der Waals surface area contributed by atoms with E-state index >= 15 is 0 Å². The molecule has 2 heterocycles. The van der Waals surface area contributed by atoms with Crippen LogP contribution in [0.4, 0.5) is 0 Å². The number of fused-ring (bicyclic) bond motifs is 3. The molecule has 0 bridgehead atoms. The van der Waals surface area contributed by atoms with Crippen LogP contribution in [0, 0.1) is 0 Å². The first-order valence-corrected chi connectivity index (χ1v) is 10.9. The summed E-state index contributed by atoms with van der Waals surface area (Å²) in [5.74, 6) is 0. The lowest BCUT2D eigenvalue weighted by Crippen LogP contribution is -2.23. The van der Waals surface area contributed by atoms with Gasteiger partial charge in [0.05, 0.1) is 27.8 Å². The number of para-hydroxylation sites is 1. The summed E-state index contributed by atoms with van der Waals surface area (Å²) >= 11 is 0. The molecule has 31 heavy (non-hydrogen) atoms. The Bertz CT molecular complexity index is 1550. The quantitative estimate of drug-likeness (QED) is 0.401. The molecule has 5 rings (SSSR count). The third-order valence-corrected chi connectivity index (χ3v) is 6.59. The van der Waals surface area contributed by atoms with Gasteiger partial charge < -0.3 is 8.98 Å². The highest BCUT2D eigenvalue weighted by Crippen LogP contribution is 2.27. The minimum atomic E-state index is -1.71. The van der Waals surface area contributed by atoms with Crippen LogP contribution in [0.3, 0.4) is 0 Å². The highest BCUT2D eigenvalue weighted by molar-refractivity contribution is 7.85. The van der Waals surface area contributed by atoms with Gasteiger partial charge >= 0.3 is 5.63 Å². The second kappa shape index (κ2) is 7.81. The first kappa shape index (κ1) is 19.2. The smallest absolute Gasteiger partial charge is 0.337 e. The highest BCUT2D eigenvalue weighted by Gasteiger charge is 2.21. The lowest BCUT2D eigenvalue weighted by Gasteiger charge is -2.14. The Kier molecular flexibility index (Phi) is 4.84. The Balaban J connectivity index is 1.87. The van der Waals surface area contributed by atoms with E-state index in [1.807, 2.05) is 54.6 Å². The summed E-state index contributed by atoms with van der Waals surface area (Å²) in [6, 6.07) is 26.8. The van der Waals surface area contributed by atoms with E-state index in [1.54, 1.807) is 34.9 Å². The predicted molar refractivity (Wildman–Crippen MR) is 121 cm³/mol. The SMILES string of the molecule is O=c1cc(S(=O)c2ccccc2)c2c(=O)n(Cc3ccccc3)c3ccccc3c2o1. The van der Waals surface area contributed by atoms with Crippen LogP contribution >= 0.6 is 0 Å². The summed E-state index contributed by atoms with van der Waals surface area (Å²) < 4.78 is 20.5. The van der Waals surface area contributed by atoms with Gasteiger partial charge in [0.25, 0.3) is 5.56 Å². The Hall–Kier alpha value is -3.77. The maximum Gasteiger partial charge on any atom is 0.337 e. The Morgan fingerprint density at radius 2 is 1.45 bits per heavy atom. The van der Waals surface area contributed by atoms with Gasteiger partial charge in [-0.3, -0.25) is 4.79 Å². The van der Waals surface area contributed by atoms with Crippen molar-refractivity contribution in [2.75, 3.05) is 0 Å². The number of rotatable bonds is 4. The Morgan fingerprint density at radius 1 is 0.806 bits per heavy atom. The number of aromatic nitrogens is 1. The normalized spacial score (nSPS) is 12.3. The largest absolute Gasteiger partial charge is 0.422 e. The van der Waals surface area contributed by atoms with Gasteiger partial charge in [-0.15, -0.1) is 0 Å². The zero-order valence-corrected chi connectivity index (χ0v) is 17.2. The minimum Gasteiger partial charge on any atom is -0.422 e. The topological polar surface area (TPSA) is 69.3 Å². The molecule has 152 valence electrons. The van der Waals surface area contributed by atoms with E-state index in [2.05, 4.69) is 0 Å². The van der Waals surface area contributed by atoms with Gasteiger partial charge in [0.2, 0.25) is 0 Å². The van der Waals surface area contributed by atoms with Crippen LogP contribution in [0.1, 0.15) is 5.56 Å². The molecule has 0 aliphatic heterocycles. The zero-order valence-electron chi connectivity index (χ0n) is 16.4. The van der Waals surface area contributed by atoms with E-state index < -0.39 is 16.4 Å². The van der Waals surface area contributed by atoms with Crippen molar-refractivity contribution in [2.24, 2.45) is 0 Å². The Labute approximate surface area is 179 Å². The van der Waals surface area contributed by atoms with E-state index in [-0.39, 0.29) is 21.4 Å². The minimum absolute atomic E-state index is 0.162. The molecule has 0 fully saturated rings. The van der Waals surface area contributed by atoms with Crippen molar-refractivity contribution in [1.82, 2.24) is 4.57 Å². The van der Waals surface area contributed by atoms with Gasteiger partial charge in [-0.1, -0.05) is 60.7 Å². The maximum atomic E-state index is 13.7. The maximum absolute atomic E-state index is 13.7. The summed E-state index contributed by atoms with van der Waals surface area (Å²) in [6.07, 6.45) is 0. The zero-order chi connectivity index (χ0) is 21.4. The summed E-state index contributed by atoms with van der Waals surface area (Å²) in [7, 11) is -1.71. The van der Waals surface area contributed by atoms with Gasteiger partial charge in [0, 0.05) is 16.3 Å². The number of nitrogens with zero attached hydrogens (tertiary/aromatic N) is 1. The highest BCUT2D eigenvalue weighted by atomic mass is 32.2. The van der Waals surface area contributed by atoms with Crippen LogP contribution in [0.5, 0.6) is 0 Å². The lowest BCUT2D eigenvalue weighted by molar-refractivity contribution is 0.558. The van der Waals surface area contributed by atoms with E-state index in [4.69, 9.17) is 4.42 Å². The standard InChI is InChI=1S/C25H17NO4S/c27-22-15-21(31(29)18-11-5-2-6-12-18)23-24(30-22)19-13-7-8-14-20(19)26(25(23)28)16-17-9-3-1-4-10-17/h1-15H,16H2. The summed E-state index contributed by atoms with van der Waals surface area (Å²) in [4.78, 5) is 26.7. The molecule has 0 N–H and O–H groups in total. The number of hydrogen-bond donors (Lipinski definition) is 0. The van der Waals surface area contributed by atoms with Crippen LogP contribution in [0.2, 0.25) is 0 Å². The van der Waals surface area contributed by atoms with Crippen molar-refractivity contribution < 1.29 is 8.63 Å². The van der Waals surface area contributed by atoms with E-state index in [9.17, 15) is 13.8 Å². The average molecular weight is 427 g/mol. The van der Waals surface area contributed by atoms with Crippen LogP contribution < -0.4 is 11.2 Å². The molecule has 5 nitrogen and oxygen atoms in total. The van der Waals surface area contributed by atoms with Crippen LogP contribution in [0.15, 0.2) is 115 Å². The lowest BCUT2D eigenvalue weighted by atomic mass is 10.1. The third kappa shape index (κ3) is 3.41. The third-order valence-electron chi connectivity index (χ3n) is 5.16. The predicted octanol–water partition coefficient (Wildman–Crippen LogP) is 4.32. The first-order valence-electron chi connectivity index (χ1n) is 9.73. The van der Waals surface area contributed by atoms with Crippen LogP contribution in [0.25, 0.3) is 21.9 Å². The van der Waals surface area contributed by atoms with Crippen LogP contribution in [-0.2, 0) is 17.3 Å². The molecular weight excluding hydrogens is 410 g/mol. The summed E-state index contributed by atoms with van der Waals surface area (Å²) in [5.41, 5.74) is 0.779. The molecule has 0 aliphatic carbocycles. The fourth-order valence-corrected chi connectivity index (χ4v) is 4.98. The van der Waals surface area contributed by atoms with E-state index in [1.165, 1.54) is 0 Å². The molecule has 1 atom stereocenters. The van der Waals surface area contributed by atoms with Crippen LogP contribution in [-0.4, -0.2) is 8.78 Å².